The quantitative estimate of drug-likeness (QED) is 0.839. The van der Waals surface area contributed by atoms with Gasteiger partial charge in [0.2, 0.25) is 0 Å². The number of nitrogens with two attached hydrogens (primary N) is 1. The molecule has 0 aromatic heterocycles. The molecule has 0 atom stereocenters. The van der Waals surface area contributed by atoms with Crippen LogP contribution in [0, 0.1) is 11.8 Å². The molecule has 1 aromatic carbocycles. The monoisotopic (exact) mass is 255 g/mol. The second-order valence-electron chi connectivity index (χ2n) is 4.36. The third kappa shape index (κ3) is 3.72. The van der Waals surface area contributed by atoms with Crippen molar-refractivity contribution in [2.75, 3.05) is 6.54 Å². The van der Waals surface area contributed by atoms with Crippen LogP contribution in [0.4, 0.5) is 0 Å². The first-order chi connectivity index (χ1) is 7.79. The molecule has 0 saturated heterocycles. The van der Waals surface area contributed by atoms with E-state index in [9.17, 15) is 4.79 Å². The summed E-state index contributed by atoms with van der Waals surface area (Å²) in [6.45, 7) is 1.06. The van der Waals surface area contributed by atoms with Crippen LogP contribution in [0.1, 0.15) is 18.4 Å². The zero-order valence-electron chi connectivity index (χ0n) is 9.67. The Balaban J connectivity index is 0.00000144. The number of esters is 1. The number of hydrogen-bond acceptors (Lipinski definition) is 3. The van der Waals surface area contributed by atoms with E-state index in [1.54, 1.807) is 0 Å². The van der Waals surface area contributed by atoms with Gasteiger partial charge < -0.3 is 10.5 Å². The van der Waals surface area contributed by atoms with E-state index in [4.69, 9.17) is 10.5 Å². The van der Waals surface area contributed by atoms with Crippen molar-refractivity contribution in [3.05, 3.63) is 35.9 Å². The van der Waals surface area contributed by atoms with Gasteiger partial charge in [0, 0.05) is 0 Å². The van der Waals surface area contributed by atoms with Gasteiger partial charge in [-0.3, -0.25) is 4.79 Å². The van der Waals surface area contributed by atoms with E-state index in [-0.39, 0.29) is 24.3 Å². The molecule has 2 N–H and O–H groups in total. The maximum atomic E-state index is 11.6. The minimum atomic E-state index is -0.0754. The molecule has 0 radical (unpaired) electrons. The Bertz CT molecular complexity index is 350. The van der Waals surface area contributed by atoms with Crippen molar-refractivity contribution in [3.8, 4) is 0 Å². The molecule has 17 heavy (non-hydrogen) atoms. The fraction of sp³-hybridized carbons (Fsp3) is 0.462. The summed E-state index contributed by atoms with van der Waals surface area (Å²) in [5, 5.41) is 0. The Morgan fingerprint density at radius 1 is 1.29 bits per heavy atom. The van der Waals surface area contributed by atoms with Gasteiger partial charge in [0.05, 0.1) is 5.92 Å². The minimum absolute atomic E-state index is 0. The van der Waals surface area contributed by atoms with Crippen LogP contribution < -0.4 is 5.73 Å². The van der Waals surface area contributed by atoms with Gasteiger partial charge in [0.15, 0.2) is 0 Å². The summed E-state index contributed by atoms with van der Waals surface area (Å²) < 4.78 is 5.25. The molecule has 1 aromatic rings. The number of hydrogen-bond donors (Lipinski definition) is 1. The molecule has 3 nitrogen and oxygen atoms in total. The van der Waals surface area contributed by atoms with Gasteiger partial charge in [-0.25, -0.2) is 0 Å². The fourth-order valence-electron chi connectivity index (χ4n) is 1.97. The Kier molecular flexibility index (Phi) is 5.45. The van der Waals surface area contributed by atoms with Crippen molar-refractivity contribution in [1.29, 1.82) is 0 Å². The first kappa shape index (κ1) is 14.0. The smallest absolute Gasteiger partial charge is 0.309 e. The molecule has 1 aliphatic rings. The molecule has 2 rings (SSSR count). The zero-order chi connectivity index (χ0) is 11.4. The molecule has 1 saturated carbocycles. The Hall–Kier alpha value is -1.06. The van der Waals surface area contributed by atoms with Crippen LogP contribution in [0.15, 0.2) is 30.3 Å². The van der Waals surface area contributed by atoms with E-state index < -0.39 is 0 Å². The van der Waals surface area contributed by atoms with Crippen LogP contribution in [0.25, 0.3) is 0 Å². The van der Waals surface area contributed by atoms with Crippen LogP contribution in [0.5, 0.6) is 0 Å². The van der Waals surface area contributed by atoms with Crippen LogP contribution >= 0.6 is 12.4 Å². The lowest BCUT2D eigenvalue weighted by molar-refractivity contribution is -0.154. The zero-order valence-corrected chi connectivity index (χ0v) is 10.5. The third-order valence-electron chi connectivity index (χ3n) is 3.13. The van der Waals surface area contributed by atoms with E-state index in [0.29, 0.717) is 19.1 Å². The van der Waals surface area contributed by atoms with E-state index in [1.807, 2.05) is 30.3 Å². The fourth-order valence-corrected chi connectivity index (χ4v) is 1.97. The summed E-state index contributed by atoms with van der Waals surface area (Å²) in [4.78, 5) is 11.6. The van der Waals surface area contributed by atoms with Gasteiger partial charge in [0.1, 0.15) is 6.61 Å². The number of carbonyl (C=O) groups is 1. The second kappa shape index (κ2) is 6.62. The molecule has 0 bridgehead atoms. The molecule has 0 aliphatic heterocycles. The number of ether oxygens (including phenoxy) is 1. The second-order valence-corrected chi connectivity index (χ2v) is 4.36. The molecule has 0 spiro atoms. The highest BCUT2D eigenvalue weighted by atomic mass is 35.5. The normalized spacial score (nSPS) is 22.2. The molecule has 94 valence electrons. The van der Waals surface area contributed by atoms with Gasteiger partial charge >= 0.3 is 5.97 Å². The highest BCUT2D eigenvalue weighted by Crippen LogP contribution is 2.33. The van der Waals surface area contributed by atoms with E-state index in [0.717, 1.165) is 18.4 Å². The summed E-state index contributed by atoms with van der Waals surface area (Å²) in [5.74, 6) is 0.528. The van der Waals surface area contributed by atoms with E-state index in [2.05, 4.69) is 0 Å². The Morgan fingerprint density at radius 3 is 2.53 bits per heavy atom. The number of halogens is 1. The number of carbonyl (C=O) groups excluding carboxylic acids is 1. The van der Waals surface area contributed by atoms with Gasteiger partial charge in [-0.05, 0) is 30.9 Å². The predicted octanol–water partition coefficient (Wildman–Crippen LogP) is 2.14. The van der Waals surface area contributed by atoms with E-state index >= 15 is 0 Å². The molecular formula is C13H18ClNO2. The van der Waals surface area contributed by atoms with Crippen molar-refractivity contribution in [3.63, 3.8) is 0 Å². The van der Waals surface area contributed by atoms with Gasteiger partial charge in [-0.2, -0.15) is 0 Å². The van der Waals surface area contributed by atoms with Crippen LogP contribution in [0.3, 0.4) is 0 Å². The van der Waals surface area contributed by atoms with Gasteiger partial charge in [-0.1, -0.05) is 30.3 Å². The standard InChI is InChI=1S/C13H17NO2.ClH/c14-8-11-6-12(7-11)13(15)16-9-10-4-2-1-3-5-10;/h1-5,11-12H,6-9,14H2;1H. The maximum absolute atomic E-state index is 11.6. The lowest BCUT2D eigenvalue weighted by Crippen LogP contribution is -2.35. The first-order valence-corrected chi connectivity index (χ1v) is 5.70. The van der Waals surface area contributed by atoms with E-state index in [1.165, 1.54) is 0 Å². The van der Waals surface area contributed by atoms with Crippen LogP contribution in [-0.2, 0) is 16.1 Å². The third-order valence-corrected chi connectivity index (χ3v) is 3.13. The highest BCUT2D eigenvalue weighted by Gasteiger charge is 2.34. The predicted molar refractivity (Wildman–Crippen MR) is 68.8 cm³/mol. The van der Waals surface area contributed by atoms with Crippen LogP contribution in [-0.4, -0.2) is 12.5 Å². The SMILES string of the molecule is Cl.NCC1CC(C(=O)OCc2ccccc2)C1. The molecule has 0 heterocycles. The van der Waals surface area contributed by atoms with Crippen molar-refractivity contribution in [2.24, 2.45) is 17.6 Å². The molecule has 1 fully saturated rings. The lowest BCUT2D eigenvalue weighted by Gasteiger charge is -2.32. The Morgan fingerprint density at radius 2 is 1.94 bits per heavy atom. The molecule has 0 amide bonds. The van der Waals surface area contributed by atoms with Crippen molar-refractivity contribution >= 4 is 18.4 Å². The highest BCUT2D eigenvalue weighted by molar-refractivity contribution is 5.85. The lowest BCUT2D eigenvalue weighted by atomic mass is 9.75. The molecule has 0 unspecified atom stereocenters. The summed E-state index contributed by atoms with van der Waals surface area (Å²) in [6, 6.07) is 9.74. The van der Waals surface area contributed by atoms with Crippen molar-refractivity contribution in [2.45, 2.75) is 19.4 Å². The van der Waals surface area contributed by atoms with Gasteiger partial charge in [-0.15, -0.1) is 12.4 Å². The molecule has 1 aliphatic carbocycles. The molecular weight excluding hydrogens is 238 g/mol. The van der Waals surface area contributed by atoms with Crippen molar-refractivity contribution in [1.82, 2.24) is 0 Å². The number of benzene rings is 1. The average molecular weight is 256 g/mol. The summed E-state index contributed by atoms with van der Waals surface area (Å²) in [6.07, 6.45) is 1.79. The first-order valence-electron chi connectivity index (χ1n) is 5.70. The number of rotatable bonds is 4. The topological polar surface area (TPSA) is 52.3 Å². The Labute approximate surface area is 108 Å². The largest absolute Gasteiger partial charge is 0.461 e. The average Bonchev–Trinajstić information content (AvgIpc) is 2.26. The van der Waals surface area contributed by atoms with Crippen molar-refractivity contribution < 1.29 is 9.53 Å². The molecule has 4 heteroatoms. The summed E-state index contributed by atoms with van der Waals surface area (Å²) >= 11 is 0. The minimum Gasteiger partial charge on any atom is -0.461 e. The maximum Gasteiger partial charge on any atom is 0.309 e. The summed E-state index contributed by atoms with van der Waals surface area (Å²) in [5.41, 5.74) is 6.54. The van der Waals surface area contributed by atoms with Gasteiger partial charge in [0.25, 0.3) is 0 Å². The van der Waals surface area contributed by atoms with Crippen LogP contribution in [0.2, 0.25) is 0 Å². The summed E-state index contributed by atoms with van der Waals surface area (Å²) in [7, 11) is 0.